The second kappa shape index (κ2) is 5.47. The Morgan fingerprint density at radius 2 is 2.47 bits per heavy atom. The van der Waals surface area contributed by atoms with Gasteiger partial charge < -0.3 is 4.74 Å². The molecule has 0 aromatic carbocycles. The molecule has 0 fully saturated rings. The first-order valence-corrected chi connectivity index (χ1v) is 5.16. The lowest BCUT2D eigenvalue weighted by atomic mass is 10.2. The summed E-state index contributed by atoms with van der Waals surface area (Å²) >= 11 is 3.19. The molecule has 1 aromatic rings. The molecule has 0 amide bonds. The van der Waals surface area contributed by atoms with Crippen molar-refractivity contribution in [3.63, 3.8) is 0 Å². The highest BCUT2D eigenvalue weighted by molar-refractivity contribution is 9.10. The molecule has 0 atom stereocenters. The van der Waals surface area contributed by atoms with Gasteiger partial charge in [-0.25, -0.2) is 0 Å². The Labute approximate surface area is 96.0 Å². The van der Waals surface area contributed by atoms with Gasteiger partial charge in [-0.15, -0.1) is 0 Å². The van der Waals surface area contributed by atoms with Gasteiger partial charge in [-0.05, 0) is 28.9 Å². The number of aromatic nitrogens is 1. The zero-order valence-electron chi connectivity index (χ0n) is 8.16. The summed E-state index contributed by atoms with van der Waals surface area (Å²) in [4.78, 5) is 15.2. The Morgan fingerprint density at radius 1 is 1.73 bits per heavy atom. The number of hydrogen-bond acceptors (Lipinski definition) is 4. The van der Waals surface area contributed by atoms with E-state index in [-0.39, 0.29) is 12.4 Å². The number of ether oxygens (including phenoxy) is 1. The highest BCUT2D eigenvalue weighted by Gasteiger charge is 2.07. The van der Waals surface area contributed by atoms with E-state index in [1.807, 2.05) is 6.07 Å². The Balaban J connectivity index is 2.80. The predicted octanol–water partition coefficient (Wildman–Crippen LogP) is 1.82. The number of nitriles is 1. The molecule has 5 heteroatoms. The summed E-state index contributed by atoms with van der Waals surface area (Å²) in [6.07, 6.45) is 1.60. The second-order valence-electron chi connectivity index (χ2n) is 2.75. The molecule has 0 aliphatic rings. The maximum atomic E-state index is 11.1. The lowest BCUT2D eigenvalue weighted by Crippen LogP contribution is -2.08. The zero-order valence-corrected chi connectivity index (χ0v) is 9.74. The fourth-order valence-electron chi connectivity index (χ4n) is 1.02. The molecule has 0 saturated heterocycles. The van der Waals surface area contributed by atoms with Crippen LogP contribution in [-0.4, -0.2) is 17.6 Å². The van der Waals surface area contributed by atoms with E-state index in [2.05, 4.69) is 20.9 Å². The van der Waals surface area contributed by atoms with Crippen LogP contribution in [-0.2, 0) is 16.0 Å². The summed E-state index contributed by atoms with van der Waals surface area (Å²) in [5.41, 5.74) is 0.998. The monoisotopic (exact) mass is 268 g/mol. The number of carbonyl (C=O) groups is 1. The number of hydrogen-bond donors (Lipinski definition) is 0. The van der Waals surface area contributed by atoms with E-state index in [4.69, 9.17) is 10.00 Å². The number of esters is 1. The average Bonchev–Trinajstić information content (AvgIpc) is 2.21. The SMILES string of the molecule is CCOC(=O)Cc1cc(C#N)c(Br)cn1. The second-order valence-corrected chi connectivity index (χ2v) is 3.60. The molecular formula is C10H9BrN2O2. The van der Waals surface area contributed by atoms with Crippen molar-refractivity contribution in [2.75, 3.05) is 6.61 Å². The molecule has 0 aliphatic carbocycles. The van der Waals surface area contributed by atoms with E-state index < -0.39 is 0 Å². The van der Waals surface area contributed by atoms with Gasteiger partial charge in [0.2, 0.25) is 0 Å². The number of halogens is 1. The average molecular weight is 269 g/mol. The van der Waals surface area contributed by atoms with Crippen molar-refractivity contribution in [2.24, 2.45) is 0 Å². The molecular weight excluding hydrogens is 260 g/mol. The Bertz CT molecular complexity index is 412. The molecule has 0 unspecified atom stereocenters. The van der Waals surface area contributed by atoms with Crippen LogP contribution in [0.15, 0.2) is 16.7 Å². The topological polar surface area (TPSA) is 63.0 Å². The maximum Gasteiger partial charge on any atom is 0.311 e. The smallest absolute Gasteiger partial charge is 0.311 e. The minimum absolute atomic E-state index is 0.0931. The van der Waals surface area contributed by atoms with Crippen LogP contribution < -0.4 is 0 Å². The molecule has 0 N–H and O–H groups in total. The molecule has 4 nitrogen and oxygen atoms in total. The molecule has 0 aliphatic heterocycles. The van der Waals surface area contributed by atoms with Gasteiger partial charge in [0.05, 0.1) is 28.8 Å². The Kier molecular flexibility index (Phi) is 4.25. The molecule has 1 heterocycles. The van der Waals surface area contributed by atoms with E-state index in [1.165, 1.54) is 6.20 Å². The first kappa shape index (κ1) is 11.7. The number of nitrogens with zero attached hydrogens (tertiary/aromatic N) is 2. The van der Waals surface area contributed by atoms with Gasteiger partial charge in [0.15, 0.2) is 0 Å². The van der Waals surface area contributed by atoms with Crippen molar-refractivity contribution >= 4 is 21.9 Å². The van der Waals surface area contributed by atoms with Gasteiger partial charge in [-0.1, -0.05) is 0 Å². The van der Waals surface area contributed by atoms with Gasteiger partial charge in [0.1, 0.15) is 6.07 Å². The van der Waals surface area contributed by atoms with Crippen LogP contribution in [0, 0.1) is 11.3 Å². The molecule has 0 radical (unpaired) electrons. The standard InChI is InChI=1S/C10H9BrN2O2/c1-2-15-10(14)4-8-3-7(5-12)9(11)6-13-8/h3,6H,2,4H2,1H3. The van der Waals surface area contributed by atoms with E-state index in [0.717, 1.165) is 0 Å². The van der Waals surface area contributed by atoms with E-state index >= 15 is 0 Å². The molecule has 0 saturated carbocycles. The van der Waals surface area contributed by atoms with Crippen LogP contribution in [0.3, 0.4) is 0 Å². The number of pyridine rings is 1. The van der Waals surface area contributed by atoms with Gasteiger partial charge in [0, 0.05) is 6.20 Å². The number of rotatable bonds is 3. The van der Waals surface area contributed by atoms with E-state index in [9.17, 15) is 4.79 Å². The van der Waals surface area contributed by atoms with Gasteiger partial charge in [-0.3, -0.25) is 9.78 Å². The molecule has 0 spiro atoms. The third kappa shape index (κ3) is 3.33. The van der Waals surface area contributed by atoms with Crippen molar-refractivity contribution in [3.05, 3.63) is 28.0 Å². The Hall–Kier alpha value is -1.41. The fraction of sp³-hybridized carbons (Fsp3) is 0.300. The fourth-order valence-corrected chi connectivity index (χ4v) is 1.33. The van der Waals surface area contributed by atoms with E-state index in [1.54, 1.807) is 13.0 Å². The van der Waals surface area contributed by atoms with Crippen LogP contribution in [0.5, 0.6) is 0 Å². The summed E-state index contributed by atoms with van der Waals surface area (Å²) in [6.45, 7) is 2.09. The first-order valence-electron chi connectivity index (χ1n) is 4.37. The van der Waals surface area contributed by atoms with Crippen LogP contribution in [0.4, 0.5) is 0 Å². The number of carbonyl (C=O) groups excluding carboxylic acids is 1. The van der Waals surface area contributed by atoms with Crippen LogP contribution in [0.2, 0.25) is 0 Å². The molecule has 1 rings (SSSR count). The van der Waals surface area contributed by atoms with Crippen molar-refractivity contribution in [1.29, 1.82) is 5.26 Å². The van der Waals surface area contributed by atoms with Crippen molar-refractivity contribution in [2.45, 2.75) is 13.3 Å². The summed E-state index contributed by atoms with van der Waals surface area (Å²) < 4.78 is 5.40. The van der Waals surface area contributed by atoms with Crippen molar-refractivity contribution in [3.8, 4) is 6.07 Å². The van der Waals surface area contributed by atoms with E-state index in [0.29, 0.717) is 22.3 Å². The van der Waals surface area contributed by atoms with Crippen molar-refractivity contribution < 1.29 is 9.53 Å². The lowest BCUT2D eigenvalue weighted by Gasteiger charge is -2.02. The summed E-state index contributed by atoms with van der Waals surface area (Å²) in [5.74, 6) is -0.337. The van der Waals surface area contributed by atoms with Crippen LogP contribution in [0.1, 0.15) is 18.2 Å². The quantitative estimate of drug-likeness (QED) is 0.785. The predicted molar refractivity (Wildman–Crippen MR) is 57.0 cm³/mol. The van der Waals surface area contributed by atoms with Gasteiger partial charge in [-0.2, -0.15) is 5.26 Å². The largest absolute Gasteiger partial charge is 0.466 e. The summed E-state index contributed by atoms with van der Waals surface area (Å²) in [6, 6.07) is 3.57. The maximum absolute atomic E-state index is 11.1. The molecule has 1 aromatic heterocycles. The van der Waals surface area contributed by atoms with Crippen LogP contribution >= 0.6 is 15.9 Å². The first-order chi connectivity index (χ1) is 7.17. The Morgan fingerprint density at radius 3 is 3.07 bits per heavy atom. The van der Waals surface area contributed by atoms with Gasteiger partial charge in [0.25, 0.3) is 0 Å². The highest BCUT2D eigenvalue weighted by atomic mass is 79.9. The molecule has 15 heavy (non-hydrogen) atoms. The van der Waals surface area contributed by atoms with Crippen LogP contribution in [0.25, 0.3) is 0 Å². The lowest BCUT2D eigenvalue weighted by molar-refractivity contribution is -0.142. The highest BCUT2D eigenvalue weighted by Crippen LogP contribution is 2.15. The summed E-state index contributed by atoms with van der Waals surface area (Å²) in [5, 5.41) is 8.76. The third-order valence-corrected chi connectivity index (χ3v) is 2.30. The summed E-state index contributed by atoms with van der Waals surface area (Å²) in [7, 11) is 0. The molecule has 0 bridgehead atoms. The minimum Gasteiger partial charge on any atom is -0.466 e. The van der Waals surface area contributed by atoms with Crippen molar-refractivity contribution in [1.82, 2.24) is 4.98 Å². The normalized spacial score (nSPS) is 9.40. The third-order valence-electron chi connectivity index (χ3n) is 1.66. The molecule has 78 valence electrons. The van der Waals surface area contributed by atoms with Gasteiger partial charge >= 0.3 is 5.97 Å². The minimum atomic E-state index is -0.337. The zero-order chi connectivity index (χ0) is 11.3.